The Hall–Kier alpha value is -5.19. The minimum Gasteiger partial charge on any atom is -0.481 e. The number of amides is 6. The van der Waals surface area contributed by atoms with Gasteiger partial charge in [0.2, 0.25) is 5.91 Å². The van der Waals surface area contributed by atoms with Gasteiger partial charge in [-0.1, -0.05) is 74.5 Å². The molecular formula is C36H43N5O6. The van der Waals surface area contributed by atoms with Crippen LogP contribution in [0.5, 0.6) is 0 Å². The molecule has 11 heteroatoms. The van der Waals surface area contributed by atoms with E-state index in [2.05, 4.69) is 16.0 Å². The van der Waals surface area contributed by atoms with Crippen molar-refractivity contribution < 1.29 is 29.1 Å². The molecule has 1 aliphatic heterocycles. The van der Waals surface area contributed by atoms with E-state index in [9.17, 15) is 29.1 Å². The fourth-order valence-electron chi connectivity index (χ4n) is 5.53. The molecule has 0 radical (unpaired) electrons. The average Bonchev–Trinajstić information content (AvgIpc) is 3.18. The first-order valence-electron chi connectivity index (χ1n) is 15.7. The van der Waals surface area contributed by atoms with E-state index < -0.39 is 47.5 Å². The summed E-state index contributed by atoms with van der Waals surface area (Å²) >= 11 is 0. The molecule has 4 rings (SSSR count). The van der Waals surface area contributed by atoms with E-state index in [4.69, 9.17) is 0 Å². The van der Waals surface area contributed by atoms with Gasteiger partial charge in [0.15, 0.2) is 0 Å². The van der Waals surface area contributed by atoms with E-state index in [-0.39, 0.29) is 25.3 Å². The number of hydrogen-bond acceptors (Lipinski definition) is 5. The van der Waals surface area contributed by atoms with Crippen molar-refractivity contribution in [1.29, 1.82) is 0 Å². The van der Waals surface area contributed by atoms with Crippen LogP contribution in [0.3, 0.4) is 0 Å². The van der Waals surface area contributed by atoms with Crippen LogP contribution in [-0.2, 0) is 20.9 Å². The predicted octanol–water partition coefficient (Wildman–Crippen LogP) is 6.32. The molecule has 47 heavy (non-hydrogen) atoms. The molecule has 1 saturated heterocycles. The van der Waals surface area contributed by atoms with Gasteiger partial charge in [-0.25, -0.2) is 14.5 Å². The first-order chi connectivity index (χ1) is 22.3. The number of nitrogens with one attached hydrogen (secondary N) is 3. The average molecular weight is 642 g/mol. The van der Waals surface area contributed by atoms with Gasteiger partial charge in [0.1, 0.15) is 11.6 Å². The SMILES string of the molecule is Cc1ccccc1NC(=O)Nc1ccc(CN2C(=O)N([C@@H](CCC(C)C)C(=O)NC(CC(=O)O)c3ccccc3)C(=O)C2(C)C)cc1. The molecule has 6 amide bonds. The van der Waals surface area contributed by atoms with Gasteiger partial charge in [-0.15, -0.1) is 0 Å². The van der Waals surface area contributed by atoms with Gasteiger partial charge in [-0.3, -0.25) is 14.4 Å². The van der Waals surface area contributed by atoms with Crippen molar-refractivity contribution in [1.82, 2.24) is 15.1 Å². The van der Waals surface area contributed by atoms with Gasteiger partial charge < -0.3 is 26.0 Å². The van der Waals surface area contributed by atoms with Crippen LogP contribution in [0.2, 0.25) is 0 Å². The van der Waals surface area contributed by atoms with Crippen molar-refractivity contribution in [2.75, 3.05) is 10.6 Å². The lowest BCUT2D eigenvalue weighted by Gasteiger charge is -2.28. The fraction of sp³-hybridized carbons (Fsp3) is 0.361. The summed E-state index contributed by atoms with van der Waals surface area (Å²) in [5.41, 5.74) is 2.25. The number of anilines is 2. The number of nitrogens with zero attached hydrogens (tertiary/aromatic N) is 2. The zero-order valence-electron chi connectivity index (χ0n) is 27.4. The lowest BCUT2D eigenvalue weighted by Crippen LogP contribution is -2.51. The molecule has 3 aromatic rings. The molecule has 2 atom stereocenters. The summed E-state index contributed by atoms with van der Waals surface area (Å²) in [5.74, 6) is -1.99. The smallest absolute Gasteiger partial charge is 0.328 e. The molecule has 11 nitrogen and oxygen atoms in total. The second kappa shape index (κ2) is 14.9. The molecule has 0 aromatic heterocycles. The normalized spacial score (nSPS) is 15.4. The van der Waals surface area contributed by atoms with Crippen LogP contribution in [0.1, 0.15) is 69.7 Å². The highest BCUT2D eigenvalue weighted by Gasteiger charge is 2.54. The summed E-state index contributed by atoms with van der Waals surface area (Å²) in [6, 6.07) is 20.2. The van der Waals surface area contributed by atoms with Gasteiger partial charge in [0.05, 0.1) is 12.5 Å². The maximum Gasteiger partial charge on any atom is 0.328 e. The topological polar surface area (TPSA) is 148 Å². The molecule has 1 aliphatic rings. The van der Waals surface area contributed by atoms with E-state index in [1.165, 1.54) is 4.90 Å². The third-order valence-corrected chi connectivity index (χ3v) is 8.33. The third-order valence-electron chi connectivity index (χ3n) is 8.33. The number of aryl methyl sites for hydroxylation is 1. The van der Waals surface area contributed by atoms with Gasteiger partial charge in [-0.05, 0) is 74.4 Å². The highest BCUT2D eigenvalue weighted by atomic mass is 16.4. The maximum absolute atomic E-state index is 14.0. The number of rotatable bonds is 13. The maximum atomic E-state index is 14.0. The zero-order chi connectivity index (χ0) is 34.3. The summed E-state index contributed by atoms with van der Waals surface area (Å²) in [4.78, 5) is 68.3. The largest absolute Gasteiger partial charge is 0.481 e. The van der Waals surface area contributed by atoms with Crippen LogP contribution in [0.15, 0.2) is 78.9 Å². The fourth-order valence-corrected chi connectivity index (χ4v) is 5.53. The summed E-state index contributed by atoms with van der Waals surface area (Å²) in [7, 11) is 0. The first kappa shape index (κ1) is 34.7. The van der Waals surface area contributed by atoms with Crippen molar-refractivity contribution in [3.05, 3.63) is 95.6 Å². The lowest BCUT2D eigenvalue weighted by molar-refractivity contribution is -0.140. The number of benzene rings is 3. The zero-order valence-corrected chi connectivity index (χ0v) is 27.4. The van der Waals surface area contributed by atoms with Gasteiger partial charge in [0, 0.05) is 17.9 Å². The van der Waals surface area contributed by atoms with Crippen LogP contribution in [0.4, 0.5) is 21.0 Å². The van der Waals surface area contributed by atoms with E-state index in [0.29, 0.717) is 23.4 Å². The van der Waals surface area contributed by atoms with E-state index >= 15 is 0 Å². The van der Waals surface area contributed by atoms with Crippen molar-refractivity contribution in [3.63, 3.8) is 0 Å². The van der Waals surface area contributed by atoms with Crippen molar-refractivity contribution in [2.24, 2.45) is 5.92 Å². The predicted molar refractivity (Wildman–Crippen MR) is 180 cm³/mol. The number of imide groups is 1. The minimum atomic E-state index is -1.25. The number of urea groups is 2. The van der Waals surface area contributed by atoms with Gasteiger partial charge in [0.25, 0.3) is 5.91 Å². The molecule has 1 heterocycles. The van der Waals surface area contributed by atoms with Crippen molar-refractivity contribution in [3.8, 4) is 0 Å². The Morgan fingerprint density at radius 3 is 2.11 bits per heavy atom. The Bertz CT molecular complexity index is 1610. The Morgan fingerprint density at radius 2 is 1.49 bits per heavy atom. The highest BCUT2D eigenvalue weighted by molar-refractivity contribution is 6.09. The molecular weight excluding hydrogens is 598 g/mol. The molecule has 0 aliphatic carbocycles. The first-order valence-corrected chi connectivity index (χ1v) is 15.7. The number of para-hydroxylation sites is 1. The Balaban J connectivity index is 1.51. The van der Waals surface area contributed by atoms with Crippen LogP contribution in [0, 0.1) is 12.8 Å². The Morgan fingerprint density at radius 1 is 0.851 bits per heavy atom. The lowest BCUT2D eigenvalue weighted by atomic mass is 9.98. The quantitative estimate of drug-likeness (QED) is 0.161. The monoisotopic (exact) mass is 641 g/mol. The number of carboxylic acid groups (broad SMARTS) is 1. The molecule has 0 saturated carbocycles. The van der Waals surface area contributed by atoms with Crippen molar-refractivity contribution >= 4 is 41.2 Å². The van der Waals surface area contributed by atoms with E-state index in [1.54, 1.807) is 68.4 Å². The van der Waals surface area contributed by atoms with Crippen LogP contribution in [0.25, 0.3) is 0 Å². The standard InChI is InChI=1S/C36H43N5O6/c1-23(2)15-20-30(32(44)38-29(21-31(42)43)26-12-7-6-8-13-26)41-33(45)36(4,5)40(35(41)47)22-25-16-18-27(19-17-25)37-34(46)39-28-14-10-9-11-24(28)3/h6-14,16-19,23,29-30H,15,20-22H2,1-5H3,(H,38,44)(H,42,43)(H2,37,39,46)/t29?,30-/m0/s1. The van der Waals surface area contributed by atoms with Crippen LogP contribution >= 0.6 is 0 Å². The summed E-state index contributed by atoms with van der Waals surface area (Å²) in [5, 5.41) is 18.0. The van der Waals surface area contributed by atoms with Crippen molar-refractivity contribution in [2.45, 2.75) is 78.0 Å². The van der Waals surface area contributed by atoms with Crippen LogP contribution in [-0.4, -0.2) is 56.3 Å². The Labute approximate surface area is 275 Å². The number of carbonyl (C=O) groups excluding carboxylic acids is 4. The van der Waals surface area contributed by atoms with E-state index in [0.717, 1.165) is 16.0 Å². The summed E-state index contributed by atoms with van der Waals surface area (Å²) in [6.45, 7) is 9.26. The molecule has 1 unspecified atom stereocenters. The minimum absolute atomic E-state index is 0.0912. The second-order valence-corrected chi connectivity index (χ2v) is 12.8. The molecule has 0 bridgehead atoms. The molecule has 248 valence electrons. The molecule has 0 spiro atoms. The number of hydrogen-bond donors (Lipinski definition) is 4. The third kappa shape index (κ3) is 8.55. The number of aliphatic carboxylic acids is 1. The number of carbonyl (C=O) groups is 5. The van der Waals surface area contributed by atoms with Crippen LogP contribution < -0.4 is 16.0 Å². The van der Waals surface area contributed by atoms with Gasteiger partial charge >= 0.3 is 18.0 Å². The second-order valence-electron chi connectivity index (χ2n) is 12.8. The Kier molecular flexibility index (Phi) is 11.0. The van der Waals surface area contributed by atoms with E-state index in [1.807, 2.05) is 45.0 Å². The summed E-state index contributed by atoms with van der Waals surface area (Å²) < 4.78 is 0. The number of carboxylic acids is 1. The highest BCUT2D eigenvalue weighted by Crippen LogP contribution is 2.33. The van der Waals surface area contributed by atoms with Gasteiger partial charge in [-0.2, -0.15) is 0 Å². The molecule has 3 aromatic carbocycles. The molecule has 1 fully saturated rings. The molecule has 4 N–H and O–H groups in total. The summed E-state index contributed by atoms with van der Waals surface area (Å²) in [6.07, 6.45) is 0.436.